The zero-order valence-corrected chi connectivity index (χ0v) is 13.7. The molecule has 1 aromatic heterocycles. The van der Waals surface area contributed by atoms with Crippen LogP contribution in [0.2, 0.25) is 0 Å². The molecule has 1 aliphatic rings. The molecule has 0 saturated heterocycles. The van der Waals surface area contributed by atoms with Gasteiger partial charge in [0.15, 0.2) is 4.80 Å². The average Bonchev–Trinajstić information content (AvgIpc) is 3.06. The third-order valence-corrected chi connectivity index (χ3v) is 5.09. The highest BCUT2D eigenvalue weighted by Crippen LogP contribution is 2.35. The minimum atomic E-state index is -0.118. The van der Waals surface area contributed by atoms with Crippen LogP contribution in [0.3, 0.4) is 0 Å². The first-order chi connectivity index (χ1) is 10.6. The maximum Gasteiger partial charge on any atom is 0.185 e. The summed E-state index contributed by atoms with van der Waals surface area (Å²) in [7, 11) is 0. The van der Waals surface area contributed by atoms with Crippen LogP contribution >= 0.6 is 11.3 Å². The molecule has 1 aliphatic carbocycles. The van der Waals surface area contributed by atoms with Gasteiger partial charge in [-0.15, -0.1) is 11.3 Å². The van der Waals surface area contributed by atoms with E-state index in [1.54, 1.807) is 17.4 Å². The van der Waals surface area contributed by atoms with Crippen molar-refractivity contribution in [2.75, 3.05) is 6.61 Å². The summed E-state index contributed by atoms with van der Waals surface area (Å²) in [6.07, 6.45) is 1.60. The van der Waals surface area contributed by atoms with Gasteiger partial charge in [-0.3, -0.25) is 4.99 Å². The molecule has 1 unspecified atom stereocenters. The van der Waals surface area contributed by atoms with Crippen LogP contribution in [0.1, 0.15) is 49.0 Å². The number of hydrogen-bond acceptors (Lipinski definition) is 3. The Kier molecular flexibility index (Phi) is 4.45. The van der Waals surface area contributed by atoms with Crippen molar-refractivity contribution in [1.29, 1.82) is 0 Å². The summed E-state index contributed by atoms with van der Waals surface area (Å²) in [6.45, 7) is 4.93. The van der Waals surface area contributed by atoms with E-state index in [-0.39, 0.29) is 18.5 Å². The van der Waals surface area contributed by atoms with Gasteiger partial charge >= 0.3 is 0 Å². The lowest BCUT2D eigenvalue weighted by molar-refractivity contribution is 0.272. The zero-order valence-electron chi connectivity index (χ0n) is 12.9. The van der Waals surface area contributed by atoms with E-state index in [1.807, 2.05) is 6.07 Å². The molecule has 1 atom stereocenters. The van der Waals surface area contributed by atoms with Crippen molar-refractivity contribution >= 4 is 11.3 Å². The highest BCUT2D eigenvalue weighted by Gasteiger charge is 2.24. The fourth-order valence-corrected chi connectivity index (χ4v) is 4.22. The molecule has 0 saturated carbocycles. The van der Waals surface area contributed by atoms with E-state index < -0.39 is 0 Å². The highest BCUT2D eigenvalue weighted by molar-refractivity contribution is 7.07. The van der Waals surface area contributed by atoms with Gasteiger partial charge in [0.1, 0.15) is 5.82 Å². The van der Waals surface area contributed by atoms with Crippen molar-refractivity contribution in [1.82, 2.24) is 4.57 Å². The summed E-state index contributed by atoms with van der Waals surface area (Å²) in [6, 6.07) is 5.29. The third-order valence-electron chi connectivity index (χ3n) is 4.19. The van der Waals surface area contributed by atoms with Crippen LogP contribution in [0.25, 0.3) is 0 Å². The second-order valence-electron chi connectivity index (χ2n) is 5.96. The lowest BCUT2D eigenvalue weighted by Crippen LogP contribution is -2.21. The minimum absolute atomic E-state index is 0.0225. The van der Waals surface area contributed by atoms with E-state index in [2.05, 4.69) is 23.8 Å². The summed E-state index contributed by atoms with van der Waals surface area (Å²) in [5.74, 6) is 0.271. The van der Waals surface area contributed by atoms with E-state index in [0.717, 1.165) is 28.8 Å². The Bertz CT molecular complexity index is 733. The largest absolute Gasteiger partial charge is 0.395 e. The van der Waals surface area contributed by atoms with Gasteiger partial charge in [-0.1, -0.05) is 26.0 Å². The fourth-order valence-electron chi connectivity index (χ4n) is 3.08. The molecule has 118 valence electrons. The van der Waals surface area contributed by atoms with Gasteiger partial charge in [0, 0.05) is 17.6 Å². The van der Waals surface area contributed by atoms with Crippen molar-refractivity contribution in [3.05, 3.63) is 51.0 Å². The Labute approximate surface area is 133 Å². The first-order valence-electron chi connectivity index (χ1n) is 7.72. The van der Waals surface area contributed by atoms with Crippen LogP contribution in [-0.2, 0) is 13.0 Å². The zero-order chi connectivity index (χ0) is 15.7. The van der Waals surface area contributed by atoms with Crippen LogP contribution in [0.4, 0.5) is 4.39 Å². The number of rotatable bonds is 4. The Hall–Kier alpha value is -1.46. The maximum atomic E-state index is 13.8. The van der Waals surface area contributed by atoms with Crippen molar-refractivity contribution < 1.29 is 9.50 Å². The van der Waals surface area contributed by atoms with Gasteiger partial charge in [-0.05, 0) is 36.0 Å². The molecule has 3 rings (SSSR count). The molecule has 0 bridgehead atoms. The lowest BCUT2D eigenvalue weighted by atomic mass is 10.1. The van der Waals surface area contributed by atoms with Gasteiger partial charge in [0.2, 0.25) is 0 Å². The molecule has 22 heavy (non-hydrogen) atoms. The molecule has 1 N–H and O–H groups in total. The summed E-state index contributed by atoms with van der Waals surface area (Å²) in [5.41, 5.74) is 3.01. The second-order valence-corrected chi connectivity index (χ2v) is 6.80. The lowest BCUT2D eigenvalue weighted by Gasteiger charge is -2.11. The van der Waals surface area contributed by atoms with E-state index in [9.17, 15) is 9.50 Å². The topological polar surface area (TPSA) is 37.5 Å². The van der Waals surface area contributed by atoms with Crippen LogP contribution in [-0.4, -0.2) is 16.3 Å². The molecule has 1 aromatic carbocycles. The molecule has 2 aromatic rings. The number of thiazole rings is 1. The smallest absolute Gasteiger partial charge is 0.185 e. The first-order valence-corrected chi connectivity index (χ1v) is 8.60. The number of aliphatic hydroxyl groups is 1. The average molecular weight is 320 g/mol. The summed E-state index contributed by atoms with van der Waals surface area (Å²) >= 11 is 1.60. The second kappa shape index (κ2) is 6.34. The molecular formula is C17H21FN2OS. The number of aliphatic hydroxyl groups excluding tert-OH is 1. The van der Waals surface area contributed by atoms with E-state index in [0.29, 0.717) is 12.5 Å². The van der Waals surface area contributed by atoms with Crippen molar-refractivity contribution in [3.63, 3.8) is 0 Å². The molecule has 5 heteroatoms. The van der Waals surface area contributed by atoms with Gasteiger partial charge in [0.25, 0.3) is 0 Å². The first kappa shape index (κ1) is 15.4. The molecule has 3 nitrogen and oxygen atoms in total. The van der Waals surface area contributed by atoms with E-state index >= 15 is 0 Å². The quantitative estimate of drug-likeness (QED) is 0.921. The van der Waals surface area contributed by atoms with Gasteiger partial charge < -0.3 is 9.67 Å². The van der Waals surface area contributed by atoms with Crippen molar-refractivity contribution in [2.24, 2.45) is 4.99 Å². The molecule has 1 heterocycles. The monoisotopic (exact) mass is 320 g/mol. The number of benzene rings is 1. The number of aromatic nitrogens is 1. The molecule has 0 aliphatic heterocycles. The predicted molar refractivity (Wildman–Crippen MR) is 86.5 cm³/mol. The molecule has 0 fully saturated rings. The summed E-state index contributed by atoms with van der Waals surface area (Å²) in [4.78, 5) is 5.78. The highest BCUT2D eigenvalue weighted by atomic mass is 32.1. The predicted octanol–water partition coefficient (Wildman–Crippen LogP) is 3.39. The molecule has 0 radical (unpaired) electrons. The van der Waals surface area contributed by atoms with Crippen LogP contribution < -0.4 is 4.80 Å². The van der Waals surface area contributed by atoms with Crippen LogP contribution in [0.5, 0.6) is 0 Å². The SMILES string of the molecule is CC(C)c1cs/c(=N/C2CCc3c(F)cccc32)n1CCO. The minimum Gasteiger partial charge on any atom is -0.395 e. The van der Waals surface area contributed by atoms with E-state index in [1.165, 1.54) is 11.8 Å². The van der Waals surface area contributed by atoms with Gasteiger partial charge in [-0.2, -0.15) is 0 Å². The molecular weight excluding hydrogens is 299 g/mol. The Balaban J connectivity index is 2.03. The number of halogens is 1. The molecule has 0 spiro atoms. The van der Waals surface area contributed by atoms with Crippen molar-refractivity contribution in [3.8, 4) is 0 Å². The summed E-state index contributed by atoms with van der Waals surface area (Å²) in [5, 5.41) is 11.4. The summed E-state index contributed by atoms with van der Waals surface area (Å²) < 4.78 is 15.9. The van der Waals surface area contributed by atoms with Crippen LogP contribution in [0.15, 0.2) is 28.6 Å². The third kappa shape index (κ3) is 2.75. The van der Waals surface area contributed by atoms with E-state index in [4.69, 9.17) is 4.99 Å². The maximum absolute atomic E-state index is 13.8. The van der Waals surface area contributed by atoms with Gasteiger partial charge in [-0.25, -0.2) is 4.39 Å². The van der Waals surface area contributed by atoms with Crippen molar-refractivity contribution in [2.45, 2.75) is 45.2 Å². The number of fused-ring (bicyclic) bond motifs is 1. The Morgan fingerprint density at radius 3 is 3.00 bits per heavy atom. The normalized spacial score (nSPS) is 18.2. The Morgan fingerprint density at radius 2 is 2.27 bits per heavy atom. The van der Waals surface area contributed by atoms with Gasteiger partial charge in [0.05, 0.1) is 12.6 Å². The number of nitrogens with zero attached hydrogens (tertiary/aromatic N) is 2. The fraction of sp³-hybridized carbons (Fsp3) is 0.471. The molecule has 0 amide bonds. The standard InChI is InChI=1S/C17H21FN2OS/c1-11(2)16-10-22-17(20(16)8-9-21)19-15-7-6-12-13(15)4-3-5-14(12)18/h3-5,10-11,15,21H,6-9H2,1-2H3/b19-17+. The Morgan fingerprint density at radius 1 is 1.45 bits per heavy atom. The number of hydrogen-bond donors (Lipinski definition) is 1. The van der Waals surface area contributed by atoms with Crippen LogP contribution in [0, 0.1) is 5.82 Å².